The molecule has 0 rings (SSSR count). The van der Waals surface area contributed by atoms with Crippen LogP contribution in [0.4, 0.5) is 0 Å². The fourth-order valence-corrected chi connectivity index (χ4v) is 1.64. The molecule has 0 aromatic carbocycles. The first-order valence-corrected chi connectivity index (χ1v) is 5.26. The minimum absolute atomic E-state index is 0. The van der Waals surface area contributed by atoms with E-state index in [0.717, 1.165) is 11.5 Å². The van der Waals surface area contributed by atoms with Gasteiger partial charge in [-0.1, -0.05) is 0 Å². The van der Waals surface area contributed by atoms with Crippen LogP contribution in [0.3, 0.4) is 0 Å². The molecule has 0 spiro atoms. The molecule has 15 heavy (non-hydrogen) atoms. The Bertz CT molecular complexity index is 160. The van der Waals surface area contributed by atoms with Gasteiger partial charge in [0.15, 0.2) is 0 Å². The molecule has 0 aliphatic heterocycles. The van der Waals surface area contributed by atoms with E-state index < -0.39 is 11.9 Å². The van der Waals surface area contributed by atoms with E-state index in [2.05, 4.69) is 0 Å². The monoisotopic (exact) mass is 218 g/mol. The summed E-state index contributed by atoms with van der Waals surface area (Å²) in [6.07, 6.45) is 1.32. The maximum absolute atomic E-state index is 9.97. The third kappa shape index (κ3) is 20.5. The first kappa shape index (κ1) is 20.8. The van der Waals surface area contributed by atoms with Gasteiger partial charge in [0, 0.05) is 11.9 Å². The summed E-state index contributed by atoms with van der Waals surface area (Å²) < 4.78 is 0. The van der Waals surface area contributed by atoms with E-state index in [1.54, 1.807) is 11.8 Å². The van der Waals surface area contributed by atoms with E-state index >= 15 is 0 Å². The van der Waals surface area contributed by atoms with Gasteiger partial charge in [-0.3, -0.25) is 0 Å². The van der Waals surface area contributed by atoms with Crippen LogP contribution in [0, 0.1) is 0 Å². The zero-order valence-electron chi connectivity index (χ0n) is 9.28. The second-order valence-electron chi connectivity index (χ2n) is 2.56. The molecule has 7 heteroatoms. The van der Waals surface area contributed by atoms with Gasteiger partial charge in [0.2, 0.25) is 0 Å². The van der Waals surface area contributed by atoms with Crippen molar-refractivity contribution in [2.45, 2.75) is 25.7 Å². The van der Waals surface area contributed by atoms with Gasteiger partial charge in [0.25, 0.3) is 0 Å². The molecule has 0 fully saturated rings. The average Bonchev–Trinajstić information content (AvgIpc) is 2.01. The molecule has 0 aromatic heterocycles. The number of carbonyl (C=O) groups is 2. The van der Waals surface area contributed by atoms with E-state index in [1.165, 1.54) is 0 Å². The summed E-state index contributed by atoms with van der Waals surface area (Å²) in [5.74, 6) is -0.590. The Morgan fingerprint density at radius 2 is 1.20 bits per heavy atom. The van der Waals surface area contributed by atoms with Crippen molar-refractivity contribution in [3.63, 3.8) is 0 Å². The third-order valence-electron chi connectivity index (χ3n) is 1.34. The summed E-state index contributed by atoms with van der Waals surface area (Å²) in [5.41, 5.74) is 0. The summed E-state index contributed by atoms with van der Waals surface area (Å²) in [5, 5.41) is 19.9. The predicted octanol–water partition coefficient (Wildman–Crippen LogP) is -7.21. The molecule has 0 amide bonds. The minimum Gasteiger partial charge on any atom is -0.550 e. The molecule has 0 atom stereocenters. The molecule has 76 valence electrons. The smallest absolute Gasteiger partial charge is 0.550 e. The molecule has 0 bridgehead atoms. The normalized spacial score (nSPS) is 8.53. The second-order valence-corrected chi connectivity index (χ2v) is 3.79. The van der Waals surface area contributed by atoms with Gasteiger partial charge in [-0.15, -0.1) is 0 Å². The van der Waals surface area contributed by atoms with Crippen molar-refractivity contribution in [3.05, 3.63) is 0 Å². The van der Waals surface area contributed by atoms with Gasteiger partial charge in [0.05, 0.1) is 0 Å². The Morgan fingerprint density at radius 1 is 0.867 bits per heavy atom. The summed E-state index contributed by atoms with van der Waals surface area (Å²) in [4.78, 5) is 19.9. The van der Waals surface area contributed by atoms with E-state index in [4.69, 9.17) is 0 Å². The Balaban J connectivity index is -0.000000720. The molecule has 0 unspecified atom stereocenters. The maximum Gasteiger partial charge on any atom is 1.00 e. The third-order valence-corrected chi connectivity index (χ3v) is 2.49. The standard InChI is InChI=1S/C8H14O4S.2Li/c9-7(10)3-1-5-13-6-2-4-8(11)12;;/h1-6H2,(H,9,10)(H,11,12);;/q;2*+1/p-2. The molecule has 0 aromatic rings. The van der Waals surface area contributed by atoms with Crippen LogP contribution < -0.4 is 47.9 Å². The van der Waals surface area contributed by atoms with Crippen LogP contribution in [-0.2, 0) is 9.59 Å². The largest absolute Gasteiger partial charge is 1.00 e. The van der Waals surface area contributed by atoms with Gasteiger partial charge >= 0.3 is 37.7 Å². The summed E-state index contributed by atoms with van der Waals surface area (Å²) >= 11 is 1.55. The van der Waals surface area contributed by atoms with Gasteiger partial charge in [-0.25, -0.2) is 0 Å². The molecule has 0 saturated heterocycles. The predicted molar refractivity (Wildman–Crippen MR) is 45.8 cm³/mol. The van der Waals surface area contributed by atoms with Crippen LogP contribution in [0.15, 0.2) is 0 Å². The summed E-state index contributed by atoms with van der Waals surface area (Å²) in [6, 6.07) is 0. The Labute approximate surface area is 118 Å². The number of rotatable bonds is 8. The molecule has 0 aliphatic rings. The average molecular weight is 218 g/mol. The number of carboxylic acids is 2. The molecule has 0 N–H and O–H groups in total. The zero-order valence-corrected chi connectivity index (χ0v) is 10.1. The number of hydrogen-bond acceptors (Lipinski definition) is 5. The topological polar surface area (TPSA) is 80.3 Å². The van der Waals surface area contributed by atoms with Crippen LogP contribution in [0.2, 0.25) is 0 Å². The number of aliphatic carboxylic acids is 2. The Morgan fingerprint density at radius 3 is 1.47 bits per heavy atom. The van der Waals surface area contributed by atoms with Crippen molar-refractivity contribution < 1.29 is 57.5 Å². The molecule has 0 aliphatic carbocycles. The van der Waals surface area contributed by atoms with Gasteiger partial charge in [0.1, 0.15) is 0 Å². The maximum atomic E-state index is 9.97. The molecular weight excluding hydrogens is 206 g/mol. The molecular formula is C8H12Li2O4S. The zero-order chi connectivity index (χ0) is 10.1. The van der Waals surface area contributed by atoms with Gasteiger partial charge < -0.3 is 19.8 Å². The van der Waals surface area contributed by atoms with Crippen molar-refractivity contribution in [2.24, 2.45) is 0 Å². The van der Waals surface area contributed by atoms with E-state index in [0.29, 0.717) is 12.8 Å². The minimum atomic E-state index is -1.03. The van der Waals surface area contributed by atoms with Crippen LogP contribution in [0.5, 0.6) is 0 Å². The van der Waals surface area contributed by atoms with Crippen molar-refractivity contribution in [3.8, 4) is 0 Å². The van der Waals surface area contributed by atoms with Crippen molar-refractivity contribution in [1.82, 2.24) is 0 Å². The van der Waals surface area contributed by atoms with Crippen LogP contribution >= 0.6 is 11.8 Å². The summed E-state index contributed by atoms with van der Waals surface area (Å²) in [7, 11) is 0. The van der Waals surface area contributed by atoms with Gasteiger partial charge in [-0.05, 0) is 37.2 Å². The van der Waals surface area contributed by atoms with Crippen LogP contribution in [0.25, 0.3) is 0 Å². The SMILES string of the molecule is O=C([O-])CCCSCCCC(=O)[O-].[Li+].[Li+]. The van der Waals surface area contributed by atoms with E-state index in [1.807, 2.05) is 0 Å². The Kier molecular flexibility index (Phi) is 20.1. The van der Waals surface area contributed by atoms with Crippen molar-refractivity contribution in [2.75, 3.05) is 11.5 Å². The fraction of sp³-hybridized carbons (Fsp3) is 0.750. The van der Waals surface area contributed by atoms with Crippen LogP contribution in [-0.4, -0.2) is 23.4 Å². The number of carbonyl (C=O) groups excluding carboxylic acids is 2. The first-order chi connectivity index (χ1) is 6.13. The van der Waals surface area contributed by atoms with Crippen molar-refractivity contribution >= 4 is 23.7 Å². The Hall–Kier alpha value is 0.485. The van der Waals surface area contributed by atoms with E-state index in [-0.39, 0.29) is 50.6 Å². The van der Waals surface area contributed by atoms with Gasteiger partial charge in [-0.2, -0.15) is 11.8 Å². The molecule has 0 radical (unpaired) electrons. The summed E-state index contributed by atoms with van der Waals surface area (Å²) in [6.45, 7) is 0. The van der Waals surface area contributed by atoms with E-state index in [9.17, 15) is 19.8 Å². The van der Waals surface area contributed by atoms with Crippen molar-refractivity contribution in [1.29, 1.82) is 0 Å². The quantitative estimate of drug-likeness (QED) is 0.299. The fourth-order valence-electron chi connectivity index (χ4n) is 0.739. The first-order valence-electron chi connectivity index (χ1n) is 4.10. The molecule has 0 saturated carbocycles. The number of carboxylic acid groups (broad SMARTS) is 2. The molecule has 4 nitrogen and oxygen atoms in total. The molecule has 0 heterocycles. The number of hydrogen-bond donors (Lipinski definition) is 0. The number of thioether (sulfide) groups is 1. The van der Waals surface area contributed by atoms with Crippen LogP contribution in [0.1, 0.15) is 25.7 Å². The second kappa shape index (κ2) is 14.5.